The molecule has 110 valence electrons. The molecule has 0 bridgehead atoms. The first-order chi connectivity index (χ1) is 9.97. The van der Waals surface area contributed by atoms with Crippen LogP contribution in [0.5, 0.6) is 0 Å². The predicted molar refractivity (Wildman–Crippen MR) is 88.2 cm³/mol. The van der Waals surface area contributed by atoms with Gasteiger partial charge in [-0.3, -0.25) is 4.79 Å². The Morgan fingerprint density at radius 3 is 2.38 bits per heavy atom. The van der Waals surface area contributed by atoms with Gasteiger partial charge in [0.1, 0.15) is 0 Å². The van der Waals surface area contributed by atoms with Crippen molar-refractivity contribution in [3.8, 4) is 0 Å². The van der Waals surface area contributed by atoms with Gasteiger partial charge in [0.15, 0.2) is 0 Å². The average Bonchev–Trinajstić information content (AvgIpc) is 2.48. The number of likely N-dealkylation sites (N-methyl/N-ethyl adjacent to an activating group) is 1. The van der Waals surface area contributed by atoms with E-state index in [0.29, 0.717) is 10.6 Å². The van der Waals surface area contributed by atoms with Gasteiger partial charge in [-0.05, 0) is 49.2 Å². The zero-order valence-corrected chi connectivity index (χ0v) is 13.5. The van der Waals surface area contributed by atoms with Gasteiger partial charge in [-0.25, -0.2) is 0 Å². The van der Waals surface area contributed by atoms with Crippen molar-refractivity contribution in [2.75, 3.05) is 7.05 Å². The molecule has 0 aliphatic rings. The minimum Gasteiger partial charge on any atom is -0.339 e. The van der Waals surface area contributed by atoms with Crippen molar-refractivity contribution < 1.29 is 4.79 Å². The van der Waals surface area contributed by atoms with E-state index in [0.717, 1.165) is 17.0 Å². The van der Waals surface area contributed by atoms with Crippen molar-refractivity contribution in [2.24, 2.45) is 0 Å². The molecule has 4 heteroatoms. The van der Waals surface area contributed by atoms with Crippen molar-refractivity contribution in [1.29, 1.82) is 0 Å². The van der Waals surface area contributed by atoms with Crippen molar-refractivity contribution in [1.82, 2.24) is 4.90 Å². The highest BCUT2D eigenvalue weighted by Gasteiger charge is 2.18. The molecule has 0 saturated carbocycles. The molecule has 0 N–H and O–H groups in total. The number of halogens is 2. The first kappa shape index (κ1) is 15.9. The summed E-state index contributed by atoms with van der Waals surface area (Å²) in [5, 5.41) is 1.29. The first-order valence-corrected chi connectivity index (χ1v) is 7.50. The molecule has 2 nitrogen and oxygen atoms in total. The molecule has 0 spiro atoms. The number of rotatable bonds is 4. The summed E-state index contributed by atoms with van der Waals surface area (Å²) in [4.78, 5) is 14.2. The summed E-state index contributed by atoms with van der Waals surface area (Å²) in [5.74, 6) is -0.0287. The molecular weight excluding hydrogens is 305 g/mol. The lowest BCUT2D eigenvalue weighted by atomic mass is 10.1. The number of hydrogen-bond donors (Lipinski definition) is 0. The second-order valence-electron chi connectivity index (χ2n) is 5.11. The minimum absolute atomic E-state index is 0.0287. The Bertz CT molecular complexity index is 625. The Morgan fingerprint density at radius 2 is 1.76 bits per heavy atom. The van der Waals surface area contributed by atoms with Crippen molar-refractivity contribution in [2.45, 2.75) is 19.4 Å². The molecule has 1 amide bonds. The van der Waals surface area contributed by atoms with Crippen LogP contribution in [0.4, 0.5) is 0 Å². The average molecular weight is 322 g/mol. The van der Waals surface area contributed by atoms with E-state index in [2.05, 4.69) is 0 Å². The molecule has 0 aliphatic heterocycles. The van der Waals surface area contributed by atoms with Crippen LogP contribution >= 0.6 is 23.2 Å². The van der Waals surface area contributed by atoms with Gasteiger partial charge in [-0.15, -0.1) is 0 Å². The van der Waals surface area contributed by atoms with E-state index in [1.807, 2.05) is 38.2 Å². The molecule has 0 aromatic heterocycles. The van der Waals surface area contributed by atoms with E-state index in [1.165, 1.54) is 0 Å². The van der Waals surface area contributed by atoms with Gasteiger partial charge < -0.3 is 4.90 Å². The molecule has 0 saturated heterocycles. The Kier molecular flexibility index (Phi) is 5.27. The highest BCUT2D eigenvalue weighted by molar-refractivity contribution is 6.31. The maximum atomic E-state index is 12.4. The van der Waals surface area contributed by atoms with Crippen molar-refractivity contribution in [3.63, 3.8) is 0 Å². The minimum atomic E-state index is -0.0287. The molecule has 2 rings (SSSR count). The monoisotopic (exact) mass is 321 g/mol. The van der Waals surface area contributed by atoms with Gasteiger partial charge >= 0.3 is 0 Å². The third-order valence-corrected chi connectivity index (χ3v) is 3.98. The van der Waals surface area contributed by atoms with Crippen LogP contribution in [-0.4, -0.2) is 23.9 Å². The van der Waals surface area contributed by atoms with E-state index in [9.17, 15) is 4.79 Å². The Labute approximate surface area is 135 Å². The molecule has 0 radical (unpaired) electrons. The third kappa shape index (κ3) is 4.23. The fraction of sp³-hybridized carbons (Fsp3) is 0.235. The Balaban J connectivity index is 2.06. The van der Waals surface area contributed by atoms with Gasteiger partial charge in [0.25, 0.3) is 5.91 Å². The smallest absolute Gasteiger partial charge is 0.253 e. The van der Waals surface area contributed by atoms with Crippen LogP contribution in [0, 0.1) is 0 Å². The Morgan fingerprint density at radius 1 is 1.10 bits per heavy atom. The maximum Gasteiger partial charge on any atom is 0.253 e. The molecule has 2 aromatic carbocycles. The molecule has 0 aliphatic carbocycles. The topological polar surface area (TPSA) is 20.3 Å². The van der Waals surface area contributed by atoms with Crippen LogP contribution in [0.1, 0.15) is 22.8 Å². The van der Waals surface area contributed by atoms with Gasteiger partial charge in [0, 0.05) is 28.7 Å². The number of nitrogens with zero attached hydrogens (tertiary/aromatic N) is 1. The maximum absolute atomic E-state index is 12.4. The van der Waals surface area contributed by atoms with Crippen LogP contribution < -0.4 is 0 Å². The standard InChI is InChI=1S/C17H17Cl2NO/c1-12(10-13-6-8-15(18)9-7-13)20(2)17(21)14-4-3-5-16(19)11-14/h3-9,11-12H,10H2,1-2H3. The largest absolute Gasteiger partial charge is 0.339 e. The SMILES string of the molecule is CC(Cc1ccc(Cl)cc1)N(C)C(=O)c1cccc(Cl)c1. The van der Waals surface area contributed by atoms with Crippen molar-refractivity contribution >= 4 is 29.1 Å². The number of benzene rings is 2. The molecular formula is C17H17Cl2NO. The molecule has 1 atom stereocenters. The normalized spacial score (nSPS) is 12.0. The highest BCUT2D eigenvalue weighted by Crippen LogP contribution is 2.16. The zero-order valence-electron chi connectivity index (χ0n) is 12.0. The fourth-order valence-electron chi connectivity index (χ4n) is 2.12. The highest BCUT2D eigenvalue weighted by atomic mass is 35.5. The molecule has 2 aromatic rings. The second-order valence-corrected chi connectivity index (χ2v) is 5.98. The predicted octanol–water partition coefficient (Wildman–Crippen LogP) is 4.70. The van der Waals surface area contributed by atoms with E-state index in [1.54, 1.807) is 29.2 Å². The van der Waals surface area contributed by atoms with Crippen LogP contribution in [0.25, 0.3) is 0 Å². The van der Waals surface area contributed by atoms with Crippen LogP contribution in [0.15, 0.2) is 48.5 Å². The van der Waals surface area contributed by atoms with Crippen molar-refractivity contribution in [3.05, 3.63) is 69.7 Å². The quantitative estimate of drug-likeness (QED) is 0.799. The first-order valence-electron chi connectivity index (χ1n) is 6.74. The fourth-order valence-corrected chi connectivity index (χ4v) is 2.44. The summed E-state index contributed by atoms with van der Waals surface area (Å²) in [6.45, 7) is 2.02. The van der Waals surface area contributed by atoms with E-state index >= 15 is 0 Å². The third-order valence-electron chi connectivity index (χ3n) is 3.50. The van der Waals surface area contributed by atoms with E-state index in [4.69, 9.17) is 23.2 Å². The summed E-state index contributed by atoms with van der Waals surface area (Å²) in [6.07, 6.45) is 0.778. The summed E-state index contributed by atoms with van der Waals surface area (Å²) in [7, 11) is 1.81. The van der Waals surface area contributed by atoms with E-state index in [-0.39, 0.29) is 11.9 Å². The van der Waals surface area contributed by atoms with Crippen LogP contribution in [0.3, 0.4) is 0 Å². The van der Waals surface area contributed by atoms with Crippen LogP contribution in [-0.2, 0) is 6.42 Å². The number of amides is 1. The van der Waals surface area contributed by atoms with Gasteiger partial charge in [-0.2, -0.15) is 0 Å². The number of hydrogen-bond acceptors (Lipinski definition) is 1. The number of carbonyl (C=O) groups excluding carboxylic acids is 1. The lowest BCUT2D eigenvalue weighted by Crippen LogP contribution is -2.36. The molecule has 21 heavy (non-hydrogen) atoms. The summed E-state index contributed by atoms with van der Waals surface area (Å²) in [5.41, 5.74) is 1.76. The molecule has 0 fully saturated rings. The Hall–Kier alpha value is -1.51. The van der Waals surface area contributed by atoms with Crippen LogP contribution in [0.2, 0.25) is 10.0 Å². The lowest BCUT2D eigenvalue weighted by molar-refractivity contribution is 0.0743. The summed E-state index contributed by atoms with van der Waals surface area (Å²) < 4.78 is 0. The second kappa shape index (κ2) is 6.97. The molecule has 0 heterocycles. The van der Waals surface area contributed by atoms with Gasteiger partial charge in [-0.1, -0.05) is 41.4 Å². The van der Waals surface area contributed by atoms with E-state index < -0.39 is 0 Å². The summed E-state index contributed by atoms with van der Waals surface area (Å²) in [6, 6.07) is 14.8. The summed E-state index contributed by atoms with van der Waals surface area (Å²) >= 11 is 11.8. The van der Waals surface area contributed by atoms with Gasteiger partial charge in [0.05, 0.1) is 0 Å². The zero-order chi connectivity index (χ0) is 15.4. The number of carbonyl (C=O) groups is 1. The lowest BCUT2D eigenvalue weighted by Gasteiger charge is -2.25. The van der Waals surface area contributed by atoms with Gasteiger partial charge in [0.2, 0.25) is 0 Å². The molecule has 1 unspecified atom stereocenters.